The van der Waals surface area contributed by atoms with Gasteiger partial charge < -0.3 is 25.5 Å². The number of aromatic nitrogens is 3. The molecule has 3 fully saturated rings. The molecule has 4 aromatic rings. The van der Waals surface area contributed by atoms with Gasteiger partial charge in [-0.25, -0.2) is 8.78 Å². The Balaban J connectivity index is 1.37. The van der Waals surface area contributed by atoms with Crippen molar-refractivity contribution < 1.29 is 18.6 Å². The van der Waals surface area contributed by atoms with Crippen LogP contribution in [-0.4, -0.2) is 82.1 Å². The van der Waals surface area contributed by atoms with Gasteiger partial charge in [-0.3, -0.25) is 9.88 Å². The van der Waals surface area contributed by atoms with Crippen LogP contribution in [-0.2, 0) is 0 Å². The summed E-state index contributed by atoms with van der Waals surface area (Å²) < 4.78 is 37.9. The molecule has 43 heavy (non-hydrogen) atoms. The molecule has 3 aliphatic heterocycles. The van der Waals surface area contributed by atoms with E-state index in [-0.39, 0.29) is 34.7 Å². The predicted molar refractivity (Wildman–Crippen MR) is 162 cm³/mol. The van der Waals surface area contributed by atoms with Gasteiger partial charge >= 0.3 is 6.01 Å². The minimum Gasteiger partial charge on any atom is -0.461 e. The third-order valence-corrected chi connectivity index (χ3v) is 8.97. The summed E-state index contributed by atoms with van der Waals surface area (Å²) in [5.74, 6) is -0.796. The van der Waals surface area contributed by atoms with Crippen molar-refractivity contribution in [3.63, 3.8) is 0 Å². The summed E-state index contributed by atoms with van der Waals surface area (Å²) in [5.41, 5.74) is 0.967. The molecule has 222 valence electrons. The average molecular weight is 586 g/mol. The third kappa shape index (κ3) is 4.96. The van der Waals surface area contributed by atoms with Crippen molar-refractivity contribution >= 4 is 33.7 Å². The first-order valence-electron chi connectivity index (χ1n) is 14.7. The lowest BCUT2D eigenvalue weighted by Crippen LogP contribution is -2.43. The zero-order valence-corrected chi connectivity index (χ0v) is 23.7. The molecule has 2 aromatic carbocycles. The van der Waals surface area contributed by atoms with Crippen molar-refractivity contribution in [1.29, 1.82) is 5.41 Å². The first-order chi connectivity index (χ1) is 21.0. The molecule has 3 saturated heterocycles. The number of hydrogen-bond donors (Lipinski definition) is 3. The smallest absolute Gasteiger partial charge is 0.319 e. The Morgan fingerprint density at radius 2 is 1.91 bits per heavy atom. The summed E-state index contributed by atoms with van der Waals surface area (Å²) in [6.07, 6.45) is 7.84. The van der Waals surface area contributed by atoms with Crippen LogP contribution in [0, 0.1) is 17.0 Å². The van der Waals surface area contributed by atoms with E-state index in [2.05, 4.69) is 20.2 Å². The summed E-state index contributed by atoms with van der Waals surface area (Å²) in [4.78, 5) is 18.1. The van der Waals surface area contributed by atoms with Gasteiger partial charge in [-0.1, -0.05) is 30.3 Å². The Kier molecular flexibility index (Phi) is 7.14. The molecule has 7 rings (SSSR count). The van der Waals surface area contributed by atoms with E-state index in [1.54, 1.807) is 36.4 Å². The van der Waals surface area contributed by atoms with Gasteiger partial charge in [0, 0.05) is 42.1 Å². The average Bonchev–Trinajstić information content (AvgIpc) is 3.53. The van der Waals surface area contributed by atoms with Crippen molar-refractivity contribution in [3.05, 3.63) is 66.0 Å². The second-order valence-electron chi connectivity index (χ2n) is 11.6. The zero-order valence-electron chi connectivity index (χ0n) is 23.7. The molecule has 0 radical (unpaired) electrons. The van der Waals surface area contributed by atoms with E-state index in [1.807, 2.05) is 4.90 Å². The molecule has 0 bridgehead atoms. The highest BCUT2D eigenvalue weighted by atomic mass is 19.1. The Morgan fingerprint density at radius 1 is 1.12 bits per heavy atom. The molecule has 0 amide bonds. The lowest BCUT2D eigenvalue weighted by molar-refractivity contribution is 0.108. The van der Waals surface area contributed by atoms with Gasteiger partial charge in [0.05, 0.1) is 23.6 Å². The van der Waals surface area contributed by atoms with E-state index in [9.17, 15) is 5.11 Å². The number of anilines is 1. The number of aliphatic hydroxyl groups excluding tert-OH is 1. The molecule has 0 saturated carbocycles. The number of aliphatic hydroxyl groups is 1. The molecular weight excluding hydrogens is 552 g/mol. The van der Waals surface area contributed by atoms with Crippen LogP contribution < -0.4 is 15.0 Å². The first-order valence-corrected chi connectivity index (χ1v) is 14.7. The Morgan fingerprint density at radius 3 is 2.70 bits per heavy atom. The van der Waals surface area contributed by atoms with Crippen LogP contribution in [0.15, 0.2) is 54.4 Å². The summed E-state index contributed by atoms with van der Waals surface area (Å²) >= 11 is 0. The van der Waals surface area contributed by atoms with Crippen LogP contribution in [0.2, 0.25) is 0 Å². The fourth-order valence-corrected chi connectivity index (χ4v) is 6.93. The van der Waals surface area contributed by atoms with Crippen LogP contribution in [0.3, 0.4) is 0 Å². The minimum atomic E-state index is -0.744. The molecular formula is C32H33F2N7O2. The number of β-amino-alcohol motifs (C(OH)–C–C–N with tert-alkyl or cyclic N) is 1. The number of halogens is 2. The number of nitrogens with zero attached hydrogens (tertiary/aromatic N) is 5. The highest BCUT2D eigenvalue weighted by Crippen LogP contribution is 2.40. The summed E-state index contributed by atoms with van der Waals surface area (Å²) in [6, 6.07) is 9.97. The second-order valence-corrected chi connectivity index (χ2v) is 11.6. The van der Waals surface area contributed by atoms with Crippen LogP contribution >= 0.6 is 0 Å². The minimum absolute atomic E-state index is 0.00909. The highest BCUT2D eigenvalue weighted by molar-refractivity contribution is 5.99. The highest BCUT2D eigenvalue weighted by Gasteiger charge is 2.45. The monoisotopic (exact) mass is 585 g/mol. The molecule has 0 spiro atoms. The number of hydrogen-bond acceptors (Lipinski definition) is 9. The van der Waals surface area contributed by atoms with E-state index in [0.717, 1.165) is 38.8 Å². The molecule has 1 unspecified atom stereocenters. The van der Waals surface area contributed by atoms with E-state index in [0.29, 0.717) is 47.5 Å². The standard InChI is InChI=1S/C32H33F2N7O2/c33-25-8-2-6-20-5-1-7-23(26(20)25)28-27(34)29-24(16-37-28)30(40-17-21(9-12-35)36-15-22(42)18-40)39-31(38-29)43-19-32-10-3-13-41(32)14-4-11-32/h1-2,5-9,12,16,22,35-36,42H,3-4,10-11,13-15,17-19H2/b21-9-,35-12?. The second kappa shape index (κ2) is 11.1. The number of pyridine rings is 1. The first kappa shape index (κ1) is 27.6. The summed E-state index contributed by atoms with van der Waals surface area (Å²) in [6.45, 7) is 3.29. The Hall–Kier alpha value is -4.22. The molecule has 9 nitrogen and oxygen atoms in total. The summed E-state index contributed by atoms with van der Waals surface area (Å²) in [5, 5.41) is 22.6. The maximum atomic E-state index is 16.6. The molecule has 5 heterocycles. The van der Waals surface area contributed by atoms with Crippen molar-refractivity contribution in [2.75, 3.05) is 44.2 Å². The molecule has 0 aliphatic carbocycles. The van der Waals surface area contributed by atoms with E-state index >= 15 is 8.78 Å². The van der Waals surface area contributed by atoms with Crippen molar-refractivity contribution in [2.45, 2.75) is 37.3 Å². The van der Waals surface area contributed by atoms with Crippen LogP contribution in [0.25, 0.3) is 32.9 Å². The SMILES string of the molecule is N=C/C=C1/CN(c2nc(OCC34CCCN3CCC4)nc3c(F)c(-c4cccc5cccc(F)c45)ncc23)CC(O)CN1. The number of ether oxygens (including phenoxy) is 1. The maximum absolute atomic E-state index is 16.6. The number of nitrogens with one attached hydrogen (secondary N) is 2. The molecule has 2 aromatic heterocycles. The largest absolute Gasteiger partial charge is 0.461 e. The van der Waals surface area contributed by atoms with E-state index in [1.165, 1.54) is 18.5 Å². The van der Waals surface area contributed by atoms with Gasteiger partial charge in [0.25, 0.3) is 0 Å². The molecule has 3 N–H and O–H groups in total. The van der Waals surface area contributed by atoms with Crippen LogP contribution in [0.5, 0.6) is 6.01 Å². The fourth-order valence-electron chi connectivity index (χ4n) is 6.93. The normalized spacial score (nSPS) is 21.2. The van der Waals surface area contributed by atoms with E-state index < -0.39 is 17.7 Å². The topological polar surface area (TPSA) is 110 Å². The van der Waals surface area contributed by atoms with Gasteiger partial charge in [-0.15, -0.1) is 0 Å². The number of benzene rings is 2. The van der Waals surface area contributed by atoms with Gasteiger partial charge in [0.1, 0.15) is 29.5 Å². The quantitative estimate of drug-likeness (QED) is 0.285. The maximum Gasteiger partial charge on any atom is 0.319 e. The van der Waals surface area contributed by atoms with Crippen molar-refractivity contribution in [1.82, 2.24) is 25.2 Å². The Bertz CT molecular complexity index is 1730. The van der Waals surface area contributed by atoms with Gasteiger partial charge in [0.15, 0.2) is 5.82 Å². The van der Waals surface area contributed by atoms with Gasteiger partial charge in [-0.2, -0.15) is 9.97 Å². The number of fused-ring (bicyclic) bond motifs is 3. The van der Waals surface area contributed by atoms with Gasteiger partial charge in [-0.05, 0) is 56.3 Å². The molecule has 11 heteroatoms. The van der Waals surface area contributed by atoms with E-state index in [4.69, 9.17) is 15.1 Å². The van der Waals surface area contributed by atoms with Crippen molar-refractivity contribution in [3.8, 4) is 17.3 Å². The number of rotatable bonds is 6. The zero-order chi connectivity index (χ0) is 29.6. The van der Waals surface area contributed by atoms with Crippen LogP contribution in [0.4, 0.5) is 14.6 Å². The van der Waals surface area contributed by atoms with Crippen molar-refractivity contribution in [2.24, 2.45) is 0 Å². The Labute approximate surface area is 247 Å². The fraction of sp³-hybridized carbons (Fsp3) is 0.375. The lowest BCUT2D eigenvalue weighted by Gasteiger charge is -2.31. The molecule has 3 aliphatic rings. The summed E-state index contributed by atoms with van der Waals surface area (Å²) in [7, 11) is 0. The lowest BCUT2D eigenvalue weighted by atomic mass is 9.95. The molecule has 1 atom stereocenters. The third-order valence-electron chi connectivity index (χ3n) is 8.97. The predicted octanol–water partition coefficient (Wildman–Crippen LogP) is 4.43. The number of allylic oxidation sites excluding steroid dienone is 1. The van der Waals surface area contributed by atoms with Crippen LogP contribution in [0.1, 0.15) is 25.7 Å². The van der Waals surface area contributed by atoms with Gasteiger partial charge in [0.2, 0.25) is 0 Å².